The molecule has 188 valence electrons. The van der Waals surface area contributed by atoms with Crippen LogP contribution in [0.5, 0.6) is 0 Å². The summed E-state index contributed by atoms with van der Waals surface area (Å²) in [5.74, 6) is 0. The van der Waals surface area contributed by atoms with Gasteiger partial charge in [0.2, 0.25) is 0 Å². The fourth-order valence-electron chi connectivity index (χ4n) is 3.57. The summed E-state index contributed by atoms with van der Waals surface area (Å²) in [6.07, 6.45) is 8.72. The molecule has 0 saturated heterocycles. The molecule has 0 aliphatic rings. The smallest absolute Gasteiger partial charge is 0.417 e. The van der Waals surface area contributed by atoms with Gasteiger partial charge in [-0.2, -0.15) is 0 Å². The van der Waals surface area contributed by atoms with Gasteiger partial charge in [0.1, 0.15) is 0 Å². The van der Waals surface area contributed by atoms with E-state index in [0.717, 1.165) is 18.5 Å². The third-order valence-corrected chi connectivity index (χ3v) is 19.9. The summed E-state index contributed by atoms with van der Waals surface area (Å²) in [4.78, 5) is 0. The molecule has 0 heterocycles. The Morgan fingerprint density at radius 2 is 0.710 bits per heavy atom. The van der Waals surface area contributed by atoms with Crippen molar-refractivity contribution in [1.82, 2.24) is 0 Å². The Morgan fingerprint density at radius 1 is 0.419 bits per heavy atom. The van der Waals surface area contributed by atoms with Gasteiger partial charge in [0.05, 0.1) is 0 Å². The third-order valence-electron chi connectivity index (χ3n) is 4.86. The van der Waals surface area contributed by atoms with Crippen molar-refractivity contribution in [1.29, 1.82) is 0 Å². The number of rotatable bonds is 18. The topological polar surface area (TPSA) is 46.2 Å². The molecule has 0 unspecified atom stereocenters. The van der Waals surface area contributed by atoms with Gasteiger partial charge in [0.25, 0.3) is 0 Å². The largest absolute Gasteiger partial charge is 0.469 e. The van der Waals surface area contributed by atoms with E-state index in [1.807, 2.05) is 0 Å². The normalized spacial score (nSPS) is 14.3. The lowest BCUT2D eigenvalue weighted by Crippen LogP contribution is -2.60. The van der Waals surface area contributed by atoms with Crippen molar-refractivity contribution in [2.45, 2.75) is 123 Å². The molecular weight excluding hydrogens is 473 g/mol. The van der Waals surface area contributed by atoms with Crippen LogP contribution in [0, 0.1) is 0 Å². The van der Waals surface area contributed by atoms with Gasteiger partial charge in [-0.1, -0.05) is 38.5 Å². The highest BCUT2D eigenvalue weighted by molar-refractivity contribution is 6.90. The van der Waals surface area contributed by atoms with Crippen LogP contribution in [-0.4, -0.2) is 56.5 Å². The van der Waals surface area contributed by atoms with Gasteiger partial charge in [-0.3, -0.25) is 0 Å². The maximum absolute atomic E-state index is 6.77. The van der Waals surface area contributed by atoms with E-state index in [-0.39, 0.29) is 0 Å². The van der Waals surface area contributed by atoms with Crippen LogP contribution in [0.25, 0.3) is 0 Å². The highest BCUT2D eigenvalue weighted by atomic mass is 28.5. The molecule has 0 aromatic carbocycles. The van der Waals surface area contributed by atoms with E-state index in [1.54, 1.807) is 14.2 Å². The predicted octanol–water partition coefficient (Wildman–Crippen LogP) is 7.58. The van der Waals surface area contributed by atoms with E-state index in [4.69, 9.17) is 21.2 Å². The van der Waals surface area contributed by atoms with Crippen LogP contribution in [-0.2, 0) is 21.2 Å². The van der Waals surface area contributed by atoms with Crippen LogP contribution in [0.4, 0.5) is 0 Å². The molecule has 31 heavy (non-hydrogen) atoms. The van der Waals surface area contributed by atoms with Crippen molar-refractivity contribution < 1.29 is 21.2 Å². The van der Waals surface area contributed by atoms with Gasteiger partial charge in [-0.25, -0.2) is 0 Å². The molecule has 0 aromatic rings. The van der Waals surface area contributed by atoms with Crippen LogP contribution in [0.1, 0.15) is 44.9 Å². The molecule has 0 amide bonds. The van der Waals surface area contributed by atoms with E-state index in [2.05, 4.69) is 65.5 Å². The summed E-state index contributed by atoms with van der Waals surface area (Å²) < 4.78 is 31.5. The minimum Gasteiger partial charge on any atom is -0.417 e. The van der Waals surface area contributed by atoms with Gasteiger partial charge in [0, 0.05) is 20.3 Å². The van der Waals surface area contributed by atoms with Crippen LogP contribution in [0.2, 0.25) is 77.6 Å². The Bertz CT molecular complexity index is 441. The Hall–Kier alpha value is 0.884. The van der Waals surface area contributed by atoms with Crippen molar-refractivity contribution in [2.24, 2.45) is 0 Å². The minimum atomic E-state index is -2.65. The second-order valence-corrected chi connectivity index (χ2v) is 32.4. The summed E-state index contributed by atoms with van der Waals surface area (Å²) in [6.45, 7) is 22.5. The number of unbranched alkanes of at least 4 members (excludes halogenated alkanes) is 6. The van der Waals surface area contributed by atoms with Gasteiger partial charge < -0.3 is 21.2 Å². The van der Waals surface area contributed by atoms with Gasteiger partial charge in [-0.15, -0.1) is 0 Å². The maximum atomic E-state index is 6.77. The SMILES string of the molecule is CO[Si](C)(CCCCCCCCC[Si](O[Si](C)(C)C)(O[Si](C)(C)C)O[Si](C)(C)C)OC. The zero-order valence-corrected chi connectivity index (χ0v) is 27.9. The third kappa shape index (κ3) is 17.0. The second kappa shape index (κ2) is 13.7. The minimum absolute atomic E-state index is 0.970. The van der Waals surface area contributed by atoms with Crippen LogP contribution in [0.15, 0.2) is 0 Å². The molecule has 10 heteroatoms. The average Bonchev–Trinajstić information content (AvgIpc) is 2.55. The molecule has 0 aromatic heterocycles. The van der Waals surface area contributed by atoms with Crippen molar-refractivity contribution in [3.8, 4) is 0 Å². The van der Waals surface area contributed by atoms with Crippen molar-refractivity contribution in [3.63, 3.8) is 0 Å². The zero-order valence-electron chi connectivity index (χ0n) is 22.9. The lowest BCUT2D eigenvalue weighted by molar-refractivity contribution is 0.248. The first-order chi connectivity index (χ1) is 13.9. The van der Waals surface area contributed by atoms with Gasteiger partial charge >= 0.3 is 17.4 Å². The monoisotopic (exact) mass is 526 g/mol. The molecule has 0 bridgehead atoms. The molecule has 0 atom stereocenters. The highest BCUT2D eigenvalue weighted by Gasteiger charge is 2.49. The molecule has 0 radical (unpaired) electrons. The Kier molecular flexibility index (Phi) is 14.1. The van der Waals surface area contributed by atoms with Crippen LogP contribution >= 0.6 is 0 Å². The molecule has 5 nitrogen and oxygen atoms in total. The summed E-state index contributed by atoms with van der Waals surface area (Å²) in [7, 11) is -6.27. The fourth-order valence-corrected chi connectivity index (χ4v) is 19.8. The predicted molar refractivity (Wildman–Crippen MR) is 147 cm³/mol. The molecule has 0 aliphatic carbocycles. The highest BCUT2D eigenvalue weighted by Crippen LogP contribution is 2.30. The molecule has 0 rings (SSSR count). The van der Waals surface area contributed by atoms with Crippen molar-refractivity contribution >= 4 is 42.3 Å². The Balaban J connectivity index is 4.63. The number of hydrogen-bond acceptors (Lipinski definition) is 5. The average molecular weight is 527 g/mol. The Labute approximate surface area is 199 Å². The van der Waals surface area contributed by atoms with E-state index < -0.39 is 42.3 Å². The first-order valence-electron chi connectivity index (χ1n) is 12.2. The Morgan fingerprint density at radius 3 is 1.00 bits per heavy atom. The first kappa shape index (κ1) is 31.9. The lowest BCUT2D eigenvalue weighted by Gasteiger charge is -2.43. The first-order valence-corrected chi connectivity index (χ1v) is 26.8. The summed E-state index contributed by atoms with van der Waals surface area (Å²) in [5, 5.41) is 0. The molecular formula is C21H54O5Si5. The van der Waals surface area contributed by atoms with E-state index in [0.29, 0.717) is 0 Å². The fraction of sp³-hybridized carbons (Fsp3) is 1.00. The second-order valence-electron chi connectivity index (χ2n) is 11.8. The molecule has 0 N–H and O–H groups in total. The molecule has 0 fully saturated rings. The van der Waals surface area contributed by atoms with Crippen molar-refractivity contribution in [2.75, 3.05) is 14.2 Å². The maximum Gasteiger partial charge on any atom is 0.469 e. The van der Waals surface area contributed by atoms with Crippen LogP contribution in [0.3, 0.4) is 0 Å². The zero-order chi connectivity index (χ0) is 24.4. The van der Waals surface area contributed by atoms with E-state index in [9.17, 15) is 0 Å². The number of hydrogen-bond donors (Lipinski definition) is 0. The summed E-state index contributed by atoms with van der Waals surface area (Å²) in [6, 6.07) is 2.06. The quantitative estimate of drug-likeness (QED) is 0.136. The lowest BCUT2D eigenvalue weighted by atomic mass is 10.1. The molecule has 0 saturated carbocycles. The van der Waals surface area contributed by atoms with E-state index in [1.165, 1.54) is 38.5 Å². The van der Waals surface area contributed by atoms with Gasteiger partial charge in [0.15, 0.2) is 25.0 Å². The van der Waals surface area contributed by atoms with E-state index >= 15 is 0 Å². The molecule has 0 spiro atoms. The standard InChI is InChI=1S/C21H54O5Si5/c1-22-30(12,23-2)20-18-16-14-13-15-17-19-21-31(24-27(3,4)5,25-28(6,7)8)26-29(9,10)11/h13-21H2,1-12H3. The van der Waals surface area contributed by atoms with Crippen molar-refractivity contribution in [3.05, 3.63) is 0 Å². The van der Waals surface area contributed by atoms with Gasteiger partial charge in [-0.05, 0) is 77.9 Å². The summed E-state index contributed by atoms with van der Waals surface area (Å²) >= 11 is 0. The van der Waals surface area contributed by atoms with Crippen LogP contribution < -0.4 is 0 Å². The molecule has 0 aliphatic heterocycles. The summed E-state index contributed by atoms with van der Waals surface area (Å²) in [5.41, 5.74) is 0.